The number of rotatable bonds is 4. The maximum atomic E-state index is 12.9. The van der Waals surface area contributed by atoms with Gasteiger partial charge in [0.2, 0.25) is 10.0 Å². The molecule has 5 rings (SSSR count). The van der Waals surface area contributed by atoms with E-state index in [9.17, 15) is 13.2 Å². The number of nitrogens with zero attached hydrogens (tertiary/aromatic N) is 2. The van der Waals surface area contributed by atoms with Crippen LogP contribution in [0, 0.1) is 0 Å². The molecule has 1 fully saturated rings. The van der Waals surface area contributed by atoms with E-state index < -0.39 is 10.0 Å². The summed E-state index contributed by atoms with van der Waals surface area (Å²) in [6.07, 6.45) is 4.16. The van der Waals surface area contributed by atoms with Crippen LogP contribution in [0.25, 0.3) is 21.3 Å². The molecule has 2 aromatic carbocycles. The van der Waals surface area contributed by atoms with E-state index >= 15 is 0 Å². The smallest absolute Gasteiger partial charge is 0.255 e. The molecule has 1 saturated heterocycles. The lowest BCUT2D eigenvalue weighted by molar-refractivity contribution is 0.102. The Morgan fingerprint density at radius 3 is 2.68 bits per heavy atom. The number of sulfonamides is 1. The standard InChI is InChI=1S/C25H22ClN3O3S2/c26-22-9-6-18(16-21(22)24-20-11-14-33-23(20)10-12-27-24)28-25(30)17-4-7-19(8-5-17)29-13-2-1-3-15-34(29,31)32/h4-12,14,16H,1-3,13,15H2,(H,28,30). The van der Waals surface area contributed by atoms with E-state index in [0.717, 1.165) is 34.2 Å². The third-order valence-corrected chi connectivity index (χ3v) is 8.96. The Balaban J connectivity index is 1.38. The number of carbonyl (C=O) groups excluding carboxylic acids is 1. The molecule has 0 atom stereocenters. The highest BCUT2D eigenvalue weighted by atomic mass is 35.5. The number of anilines is 2. The number of hydrogen-bond acceptors (Lipinski definition) is 5. The lowest BCUT2D eigenvalue weighted by Crippen LogP contribution is -2.32. The SMILES string of the molecule is O=C(Nc1ccc(Cl)c(-c2nccc3sccc23)c1)c1ccc(N2CCCCCS2(=O)=O)cc1. The molecule has 1 amide bonds. The van der Waals surface area contributed by atoms with Crippen LogP contribution in [-0.4, -0.2) is 31.6 Å². The quantitative estimate of drug-likeness (QED) is 0.354. The first kappa shape index (κ1) is 22.8. The number of carbonyl (C=O) groups is 1. The number of fused-ring (bicyclic) bond motifs is 1. The van der Waals surface area contributed by atoms with Crippen molar-refractivity contribution in [2.45, 2.75) is 19.3 Å². The van der Waals surface area contributed by atoms with E-state index in [0.29, 0.717) is 34.9 Å². The molecule has 2 aromatic heterocycles. The van der Waals surface area contributed by atoms with E-state index in [-0.39, 0.29) is 11.7 Å². The van der Waals surface area contributed by atoms with Gasteiger partial charge in [-0.1, -0.05) is 18.0 Å². The molecule has 0 aliphatic carbocycles. The molecule has 0 radical (unpaired) electrons. The van der Waals surface area contributed by atoms with Crippen LogP contribution in [0.5, 0.6) is 0 Å². The first-order chi connectivity index (χ1) is 16.4. The molecule has 9 heteroatoms. The summed E-state index contributed by atoms with van der Waals surface area (Å²) >= 11 is 8.11. The number of amides is 1. The fraction of sp³-hybridized carbons (Fsp3) is 0.200. The predicted molar refractivity (Wildman–Crippen MR) is 139 cm³/mol. The van der Waals surface area contributed by atoms with E-state index in [1.165, 1.54) is 4.31 Å². The van der Waals surface area contributed by atoms with Gasteiger partial charge in [-0.05, 0) is 72.8 Å². The predicted octanol–water partition coefficient (Wildman–Crippen LogP) is 6.19. The van der Waals surface area contributed by atoms with E-state index in [4.69, 9.17) is 11.6 Å². The van der Waals surface area contributed by atoms with Gasteiger partial charge in [0.05, 0.1) is 22.2 Å². The minimum absolute atomic E-state index is 0.155. The molecule has 6 nitrogen and oxygen atoms in total. The van der Waals surface area contributed by atoms with E-state index in [2.05, 4.69) is 10.3 Å². The third-order valence-electron chi connectivity index (χ3n) is 5.88. The van der Waals surface area contributed by atoms with Crippen molar-refractivity contribution in [2.24, 2.45) is 0 Å². The number of hydrogen-bond donors (Lipinski definition) is 1. The molecule has 174 valence electrons. The topological polar surface area (TPSA) is 79.4 Å². The van der Waals surface area contributed by atoms with Crippen LogP contribution >= 0.6 is 22.9 Å². The van der Waals surface area contributed by atoms with Crippen LogP contribution in [-0.2, 0) is 10.0 Å². The first-order valence-corrected chi connectivity index (χ1v) is 13.8. The summed E-state index contributed by atoms with van der Waals surface area (Å²) in [6, 6.07) is 15.9. The molecule has 1 N–H and O–H groups in total. The van der Waals surface area contributed by atoms with Gasteiger partial charge in [-0.25, -0.2) is 8.42 Å². The fourth-order valence-electron chi connectivity index (χ4n) is 4.13. The minimum Gasteiger partial charge on any atom is -0.322 e. The lowest BCUT2D eigenvalue weighted by Gasteiger charge is -2.22. The molecule has 4 aromatic rings. The zero-order valence-electron chi connectivity index (χ0n) is 18.2. The number of aromatic nitrogens is 1. The Hall–Kier alpha value is -2.94. The summed E-state index contributed by atoms with van der Waals surface area (Å²) in [5.74, 6) is -0.137. The van der Waals surface area contributed by atoms with Crippen molar-refractivity contribution >= 4 is 60.3 Å². The molecular weight excluding hydrogens is 490 g/mol. The molecule has 0 saturated carbocycles. The minimum atomic E-state index is -3.33. The average molecular weight is 512 g/mol. The molecule has 1 aliphatic rings. The second-order valence-corrected chi connectivity index (χ2v) is 11.5. The van der Waals surface area contributed by atoms with Gasteiger partial charge in [-0.15, -0.1) is 11.3 Å². The summed E-state index contributed by atoms with van der Waals surface area (Å²) in [6.45, 7) is 0.465. The molecule has 0 unspecified atom stereocenters. The molecule has 0 bridgehead atoms. The van der Waals surface area contributed by atoms with Gasteiger partial charge >= 0.3 is 0 Å². The highest BCUT2D eigenvalue weighted by Crippen LogP contribution is 2.35. The third kappa shape index (κ3) is 4.53. The van der Waals surface area contributed by atoms with Crippen molar-refractivity contribution in [3.63, 3.8) is 0 Å². The van der Waals surface area contributed by atoms with E-state index in [1.54, 1.807) is 53.9 Å². The van der Waals surface area contributed by atoms with Crippen LogP contribution in [0.1, 0.15) is 29.6 Å². The number of benzene rings is 2. The molecule has 34 heavy (non-hydrogen) atoms. The first-order valence-electron chi connectivity index (χ1n) is 11.0. The van der Waals surface area contributed by atoms with Crippen LogP contribution in [0.3, 0.4) is 0 Å². The van der Waals surface area contributed by atoms with Gasteiger partial charge < -0.3 is 5.32 Å². The van der Waals surface area contributed by atoms with Crippen molar-refractivity contribution in [1.29, 1.82) is 0 Å². The van der Waals surface area contributed by atoms with Gasteiger partial charge in [0, 0.05) is 39.6 Å². The van der Waals surface area contributed by atoms with Crippen LogP contribution < -0.4 is 9.62 Å². The van der Waals surface area contributed by atoms with Crippen molar-refractivity contribution in [3.8, 4) is 11.3 Å². The lowest BCUT2D eigenvalue weighted by atomic mass is 10.1. The largest absolute Gasteiger partial charge is 0.322 e. The zero-order chi connectivity index (χ0) is 23.7. The highest BCUT2D eigenvalue weighted by Gasteiger charge is 2.24. The second-order valence-electron chi connectivity index (χ2n) is 8.14. The van der Waals surface area contributed by atoms with Crippen molar-refractivity contribution < 1.29 is 13.2 Å². The molecular formula is C25H22ClN3O3S2. The number of halogens is 1. The molecule has 0 spiro atoms. The summed E-state index contributed by atoms with van der Waals surface area (Å²) in [5.41, 5.74) is 3.12. The Morgan fingerprint density at radius 1 is 1.03 bits per heavy atom. The Bertz CT molecular complexity index is 1470. The zero-order valence-corrected chi connectivity index (χ0v) is 20.6. The number of nitrogens with one attached hydrogen (secondary N) is 1. The van der Waals surface area contributed by atoms with Crippen LogP contribution in [0.2, 0.25) is 5.02 Å². The Kier molecular flexibility index (Phi) is 6.29. The molecule has 1 aliphatic heterocycles. The van der Waals surface area contributed by atoms with Gasteiger partial charge in [0.1, 0.15) is 0 Å². The monoisotopic (exact) mass is 511 g/mol. The van der Waals surface area contributed by atoms with Crippen molar-refractivity contribution in [1.82, 2.24) is 4.98 Å². The van der Waals surface area contributed by atoms with Gasteiger partial charge in [0.15, 0.2) is 0 Å². The normalized spacial score (nSPS) is 15.7. The maximum Gasteiger partial charge on any atom is 0.255 e. The van der Waals surface area contributed by atoms with Gasteiger partial charge in [-0.2, -0.15) is 0 Å². The number of pyridine rings is 1. The second kappa shape index (κ2) is 9.37. The summed E-state index contributed by atoms with van der Waals surface area (Å²) in [4.78, 5) is 17.4. The van der Waals surface area contributed by atoms with Crippen molar-refractivity contribution in [3.05, 3.63) is 76.8 Å². The summed E-state index contributed by atoms with van der Waals surface area (Å²) in [5, 5.41) is 6.48. The summed E-state index contributed by atoms with van der Waals surface area (Å²) < 4.78 is 27.6. The van der Waals surface area contributed by atoms with Crippen LogP contribution in [0.15, 0.2) is 66.2 Å². The Labute approximate surface area is 207 Å². The van der Waals surface area contributed by atoms with Gasteiger partial charge in [-0.3, -0.25) is 14.1 Å². The number of thiophene rings is 1. The highest BCUT2D eigenvalue weighted by molar-refractivity contribution is 7.92. The maximum absolute atomic E-state index is 12.9. The summed E-state index contributed by atoms with van der Waals surface area (Å²) in [7, 11) is -3.33. The van der Waals surface area contributed by atoms with Gasteiger partial charge in [0.25, 0.3) is 5.91 Å². The van der Waals surface area contributed by atoms with Crippen LogP contribution in [0.4, 0.5) is 11.4 Å². The fourth-order valence-corrected chi connectivity index (χ4v) is 6.76. The molecule has 3 heterocycles. The van der Waals surface area contributed by atoms with E-state index in [1.807, 2.05) is 23.6 Å². The Morgan fingerprint density at radius 2 is 1.85 bits per heavy atom. The van der Waals surface area contributed by atoms with Crippen molar-refractivity contribution in [2.75, 3.05) is 21.9 Å². The average Bonchev–Trinajstić information content (AvgIpc) is 3.24.